The Morgan fingerprint density at radius 1 is 1.15 bits per heavy atom. The molecule has 2 rings (SSSR count). The summed E-state index contributed by atoms with van der Waals surface area (Å²) in [6.45, 7) is 3.55. The van der Waals surface area contributed by atoms with E-state index >= 15 is 0 Å². The molecule has 0 spiro atoms. The second kappa shape index (κ2) is 7.98. The molecule has 7 nitrogen and oxygen atoms in total. The molecule has 0 saturated heterocycles. The third kappa shape index (κ3) is 4.12. The van der Waals surface area contributed by atoms with Crippen molar-refractivity contribution in [1.29, 1.82) is 0 Å². The number of sulfonamides is 1. The third-order valence-electron chi connectivity index (χ3n) is 3.82. The smallest absolute Gasteiger partial charge is 0.340 e. The van der Waals surface area contributed by atoms with Crippen LogP contribution < -0.4 is 5.32 Å². The predicted molar refractivity (Wildman–Crippen MR) is 100 cm³/mol. The van der Waals surface area contributed by atoms with E-state index in [1.807, 2.05) is 0 Å². The highest BCUT2D eigenvalue weighted by molar-refractivity contribution is 7.89. The first-order valence-electron chi connectivity index (χ1n) is 7.73. The molecule has 1 aromatic carbocycles. The first-order valence-corrected chi connectivity index (χ1v) is 10.1. The van der Waals surface area contributed by atoms with Gasteiger partial charge in [-0.05, 0) is 49.6 Å². The standard InChI is InChI=1S/C17H20N2O5S2/c1-11(2)19(3)26(22,23)13-7-5-12(6-8-13)15(20)18-16-14(9-10-25-16)17(21)24-4/h5-11H,1-4H3,(H,18,20). The number of hydrogen-bond acceptors (Lipinski definition) is 6. The minimum Gasteiger partial charge on any atom is -0.465 e. The molecule has 0 radical (unpaired) electrons. The van der Waals surface area contributed by atoms with Gasteiger partial charge in [-0.3, -0.25) is 4.79 Å². The van der Waals surface area contributed by atoms with E-state index in [-0.39, 0.29) is 22.1 Å². The summed E-state index contributed by atoms with van der Waals surface area (Å²) in [5, 5.41) is 4.68. The Bertz CT molecular complexity index is 901. The number of thiophene rings is 1. The van der Waals surface area contributed by atoms with Gasteiger partial charge in [-0.1, -0.05) is 0 Å². The van der Waals surface area contributed by atoms with Crippen LogP contribution in [0.4, 0.5) is 5.00 Å². The summed E-state index contributed by atoms with van der Waals surface area (Å²) in [4.78, 5) is 24.1. The third-order valence-corrected chi connectivity index (χ3v) is 6.70. The lowest BCUT2D eigenvalue weighted by atomic mass is 10.2. The highest BCUT2D eigenvalue weighted by Gasteiger charge is 2.23. The summed E-state index contributed by atoms with van der Waals surface area (Å²) in [5.41, 5.74) is 0.545. The van der Waals surface area contributed by atoms with E-state index in [2.05, 4.69) is 10.1 Å². The fourth-order valence-electron chi connectivity index (χ4n) is 2.07. The maximum atomic E-state index is 12.4. The number of amides is 1. The molecule has 26 heavy (non-hydrogen) atoms. The number of nitrogens with zero attached hydrogens (tertiary/aromatic N) is 1. The molecule has 0 saturated carbocycles. The molecule has 1 heterocycles. The number of ether oxygens (including phenoxy) is 1. The number of carbonyl (C=O) groups excluding carboxylic acids is 2. The SMILES string of the molecule is COC(=O)c1ccsc1NC(=O)c1ccc(S(=O)(=O)N(C)C(C)C)cc1. The number of esters is 1. The number of rotatable bonds is 6. The van der Waals surface area contributed by atoms with Crippen molar-refractivity contribution in [2.75, 3.05) is 19.5 Å². The van der Waals surface area contributed by atoms with E-state index in [1.165, 1.54) is 54.1 Å². The molecule has 0 aliphatic heterocycles. The fourth-order valence-corrected chi connectivity index (χ4v) is 4.21. The van der Waals surface area contributed by atoms with Gasteiger partial charge in [-0.15, -0.1) is 11.3 Å². The molecule has 0 aliphatic carbocycles. The number of benzene rings is 1. The maximum absolute atomic E-state index is 12.4. The molecule has 0 aliphatic rings. The van der Waals surface area contributed by atoms with E-state index < -0.39 is 21.9 Å². The van der Waals surface area contributed by atoms with Crippen LogP contribution in [0.3, 0.4) is 0 Å². The summed E-state index contributed by atoms with van der Waals surface area (Å²) in [5.74, 6) is -0.988. The van der Waals surface area contributed by atoms with Crippen LogP contribution in [0.15, 0.2) is 40.6 Å². The monoisotopic (exact) mass is 396 g/mol. The molecular weight excluding hydrogens is 376 g/mol. The van der Waals surface area contributed by atoms with Crippen LogP contribution in [0.1, 0.15) is 34.6 Å². The van der Waals surface area contributed by atoms with Crippen molar-refractivity contribution >= 4 is 38.2 Å². The Morgan fingerprint density at radius 2 is 1.77 bits per heavy atom. The lowest BCUT2D eigenvalue weighted by Gasteiger charge is -2.21. The predicted octanol–water partition coefficient (Wildman–Crippen LogP) is 2.82. The first-order chi connectivity index (χ1) is 12.2. The van der Waals surface area contributed by atoms with Crippen LogP contribution in [-0.4, -0.2) is 44.8 Å². The fraction of sp³-hybridized carbons (Fsp3) is 0.294. The number of methoxy groups -OCH3 is 1. The second-order valence-corrected chi connectivity index (χ2v) is 8.66. The van der Waals surface area contributed by atoms with Crippen LogP contribution in [0.25, 0.3) is 0 Å². The summed E-state index contributed by atoms with van der Waals surface area (Å²) < 4.78 is 30.8. The Labute approximate surface area is 156 Å². The van der Waals surface area contributed by atoms with Crippen molar-refractivity contribution < 1.29 is 22.7 Å². The molecule has 2 aromatic rings. The largest absolute Gasteiger partial charge is 0.465 e. The van der Waals surface area contributed by atoms with E-state index in [0.717, 1.165) is 0 Å². The van der Waals surface area contributed by atoms with E-state index in [9.17, 15) is 18.0 Å². The number of nitrogens with one attached hydrogen (secondary N) is 1. The Kier molecular flexibility index (Phi) is 6.17. The Balaban J connectivity index is 2.20. The van der Waals surface area contributed by atoms with E-state index in [1.54, 1.807) is 25.3 Å². The van der Waals surface area contributed by atoms with Gasteiger partial charge in [0.15, 0.2) is 0 Å². The zero-order chi connectivity index (χ0) is 19.5. The van der Waals surface area contributed by atoms with Crippen molar-refractivity contribution in [1.82, 2.24) is 4.31 Å². The number of carbonyl (C=O) groups is 2. The molecule has 140 valence electrons. The van der Waals surface area contributed by atoms with Crippen LogP contribution in [-0.2, 0) is 14.8 Å². The van der Waals surface area contributed by atoms with Gasteiger partial charge in [-0.25, -0.2) is 13.2 Å². The zero-order valence-electron chi connectivity index (χ0n) is 14.8. The van der Waals surface area contributed by atoms with Crippen LogP contribution in [0.5, 0.6) is 0 Å². The van der Waals surface area contributed by atoms with Gasteiger partial charge in [0.1, 0.15) is 5.00 Å². The molecule has 1 N–H and O–H groups in total. The summed E-state index contributed by atoms with van der Waals surface area (Å²) in [6.07, 6.45) is 0. The van der Waals surface area contributed by atoms with Crippen LogP contribution >= 0.6 is 11.3 Å². The van der Waals surface area contributed by atoms with E-state index in [0.29, 0.717) is 5.00 Å². The lowest BCUT2D eigenvalue weighted by Crippen LogP contribution is -2.33. The highest BCUT2D eigenvalue weighted by Crippen LogP contribution is 2.25. The average molecular weight is 396 g/mol. The summed E-state index contributed by atoms with van der Waals surface area (Å²) in [7, 11) is -0.841. The molecule has 1 aromatic heterocycles. The topological polar surface area (TPSA) is 92.8 Å². The van der Waals surface area contributed by atoms with Gasteiger partial charge in [-0.2, -0.15) is 4.31 Å². The molecule has 0 fully saturated rings. The summed E-state index contributed by atoms with van der Waals surface area (Å²) in [6, 6.07) is 7.02. The van der Waals surface area contributed by atoms with Crippen molar-refractivity contribution in [3.05, 3.63) is 46.8 Å². The minimum atomic E-state index is -3.61. The van der Waals surface area contributed by atoms with Gasteiger partial charge in [0, 0.05) is 18.7 Å². The normalized spacial score (nSPS) is 11.6. The zero-order valence-corrected chi connectivity index (χ0v) is 16.5. The number of hydrogen-bond donors (Lipinski definition) is 1. The van der Waals surface area contributed by atoms with Gasteiger partial charge < -0.3 is 10.1 Å². The Morgan fingerprint density at radius 3 is 2.31 bits per heavy atom. The second-order valence-electron chi connectivity index (χ2n) is 5.75. The van der Waals surface area contributed by atoms with Gasteiger partial charge in [0.2, 0.25) is 10.0 Å². The lowest BCUT2D eigenvalue weighted by molar-refractivity contribution is 0.0602. The molecule has 0 unspecified atom stereocenters. The van der Waals surface area contributed by atoms with Crippen molar-refractivity contribution in [3.8, 4) is 0 Å². The van der Waals surface area contributed by atoms with Gasteiger partial charge >= 0.3 is 5.97 Å². The Hall–Kier alpha value is -2.23. The van der Waals surface area contributed by atoms with Crippen molar-refractivity contribution in [2.24, 2.45) is 0 Å². The quantitative estimate of drug-likeness (QED) is 0.758. The average Bonchev–Trinajstić information content (AvgIpc) is 3.08. The maximum Gasteiger partial charge on any atom is 0.340 e. The van der Waals surface area contributed by atoms with Crippen molar-refractivity contribution in [2.45, 2.75) is 24.8 Å². The highest BCUT2D eigenvalue weighted by atomic mass is 32.2. The molecule has 0 bridgehead atoms. The van der Waals surface area contributed by atoms with Crippen LogP contribution in [0, 0.1) is 0 Å². The minimum absolute atomic E-state index is 0.108. The molecular formula is C17H20N2O5S2. The van der Waals surface area contributed by atoms with Crippen molar-refractivity contribution in [3.63, 3.8) is 0 Å². The number of anilines is 1. The first kappa shape index (κ1) is 20.1. The molecule has 9 heteroatoms. The molecule has 0 atom stereocenters. The summed E-state index contributed by atoms with van der Waals surface area (Å²) >= 11 is 1.20. The van der Waals surface area contributed by atoms with Gasteiger partial charge in [0.05, 0.1) is 17.6 Å². The van der Waals surface area contributed by atoms with Gasteiger partial charge in [0.25, 0.3) is 5.91 Å². The van der Waals surface area contributed by atoms with Crippen LogP contribution in [0.2, 0.25) is 0 Å². The van der Waals surface area contributed by atoms with E-state index in [4.69, 9.17) is 0 Å². The molecule has 1 amide bonds.